The molecule has 0 heterocycles. The molecule has 0 saturated carbocycles. The number of carboxylic acids is 2. The van der Waals surface area contributed by atoms with Crippen LogP contribution in [-0.2, 0) is 9.59 Å². The van der Waals surface area contributed by atoms with E-state index in [0.717, 1.165) is 13.8 Å². The van der Waals surface area contributed by atoms with Crippen LogP contribution in [-0.4, -0.2) is 36.4 Å². The summed E-state index contributed by atoms with van der Waals surface area (Å²) in [5.41, 5.74) is 11.3. The van der Waals surface area contributed by atoms with Gasteiger partial charge in [0, 0.05) is 36.4 Å². The van der Waals surface area contributed by atoms with Gasteiger partial charge >= 0.3 is 0 Å². The van der Waals surface area contributed by atoms with Crippen molar-refractivity contribution in [2.24, 2.45) is 0 Å². The summed E-state index contributed by atoms with van der Waals surface area (Å²) in [7, 11) is 0. The van der Waals surface area contributed by atoms with Crippen molar-refractivity contribution in [3.05, 3.63) is 105 Å². The van der Waals surface area contributed by atoms with Crippen molar-refractivity contribution in [2.45, 2.75) is 76.2 Å². The smallest absolute Gasteiger partial charge is 0.0383 e. The average molecular weight is 597 g/mol. The molecule has 0 aliphatic rings. The minimum Gasteiger partial charge on any atom is -0.550 e. The molecule has 3 aromatic rings. The van der Waals surface area contributed by atoms with Gasteiger partial charge in [-0.25, -0.2) is 0 Å². The molecule has 194 valence electrons. The van der Waals surface area contributed by atoms with E-state index in [4.69, 9.17) is 19.8 Å². The maximum atomic E-state index is 8.89. The van der Waals surface area contributed by atoms with Gasteiger partial charge in [-0.05, 0) is 128 Å². The maximum Gasteiger partial charge on any atom is 0.0383 e. The van der Waals surface area contributed by atoms with Gasteiger partial charge < -0.3 is 19.8 Å². The fourth-order valence-corrected chi connectivity index (χ4v) is 3.32. The largest absolute Gasteiger partial charge is 0.550 e. The van der Waals surface area contributed by atoms with Gasteiger partial charge in [0.05, 0.1) is 0 Å². The molecular formula is C31H39O4Sb-2. The Morgan fingerprint density at radius 2 is 0.583 bits per heavy atom. The molecule has 0 atom stereocenters. The van der Waals surface area contributed by atoms with Crippen molar-refractivity contribution >= 4 is 36.4 Å². The van der Waals surface area contributed by atoms with Gasteiger partial charge in [-0.2, -0.15) is 0 Å². The monoisotopic (exact) mass is 596 g/mol. The third-order valence-corrected chi connectivity index (χ3v) is 3.85. The van der Waals surface area contributed by atoms with E-state index in [0.29, 0.717) is 0 Å². The molecule has 0 saturated heterocycles. The molecule has 6 radical (unpaired) electrons. The average Bonchev–Trinajstić information content (AvgIpc) is 2.57. The predicted octanol–water partition coefficient (Wildman–Crippen LogP) is 4.37. The first-order valence-corrected chi connectivity index (χ1v) is 11.3. The second-order valence-corrected chi connectivity index (χ2v) is 8.55. The second kappa shape index (κ2) is 20.6. The molecule has 0 spiro atoms. The van der Waals surface area contributed by atoms with Crippen molar-refractivity contribution in [3.8, 4) is 0 Å². The number of carboxylic acid groups (broad SMARTS) is 2. The van der Waals surface area contributed by atoms with Gasteiger partial charge in [0.15, 0.2) is 0 Å². The molecule has 0 N–H and O–H groups in total. The van der Waals surface area contributed by atoms with Gasteiger partial charge in [0.25, 0.3) is 0 Å². The first kappa shape index (κ1) is 38.0. The van der Waals surface area contributed by atoms with E-state index >= 15 is 0 Å². The summed E-state index contributed by atoms with van der Waals surface area (Å²) in [6.45, 7) is 20.7. The van der Waals surface area contributed by atoms with E-state index in [9.17, 15) is 0 Å². The van der Waals surface area contributed by atoms with E-state index in [1.54, 1.807) is 0 Å². The van der Waals surface area contributed by atoms with Crippen LogP contribution in [0.1, 0.15) is 63.9 Å². The van der Waals surface area contributed by atoms with Crippen molar-refractivity contribution < 1.29 is 19.8 Å². The second-order valence-electron chi connectivity index (χ2n) is 8.55. The van der Waals surface area contributed by atoms with Crippen LogP contribution in [0.2, 0.25) is 0 Å². The molecule has 0 aliphatic carbocycles. The minimum absolute atomic E-state index is 0. The van der Waals surface area contributed by atoms with Crippen LogP contribution < -0.4 is 10.2 Å². The number of benzene rings is 3. The normalized spacial score (nSPS) is 8.64. The summed E-state index contributed by atoms with van der Waals surface area (Å²) in [5.74, 6) is -2.17. The Morgan fingerprint density at radius 1 is 0.472 bits per heavy atom. The van der Waals surface area contributed by atoms with Crippen molar-refractivity contribution in [1.82, 2.24) is 0 Å². The van der Waals surface area contributed by atoms with Crippen molar-refractivity contribution in [1.29, 1.82) is 0 Å². The number of hydrogen-bond acceptors (Lipinski definition) is 4. The first-order valence-electron chi connectivity index (χ1n) is 11.3. The molecule has 3 rings (SSSR count). The fourth-order valence-electron chi connectivity index (χ4n) is 3.32. The Balaban J connectivity index is -0.000000392. The number of rotatable bonds is 0. The summed E-state index contributed by atoms with van der Waals surface area (Å²) in [4.78, 5) is 17.8. The maximum absolute atomic E-state index is 8.89. The van der Waals surface area contributed by atoms with Crippen LogP contribution in [0.4, 0.5) is 0 Å². The zero-order valence-corrected chi connectivity index (χ0v) is 26.1. The third kappa shape index (κ3) is 26.0. The number of aliphatic carboxylic acids is 2. The molecule has 0 aromatic heterocycles. The molecule has 3 aromatic carbocycles. The number of carbonyl (C=O) groups excluding carboxylic acids is 2. The molecule has 36 heavy (non-hydrogen) atoms. The SMILES string of the molecule is CC(=O)[O-].CC(=O)[O-].Cc1[c]c(C)cc(C)c1.Cc1[c]c(C)cc(C)c1.Cc1[c]c(C)cc(C)c1.[Sb]. The molecule has 5 heteroatoms. The summed E-state index contributed by atoms with van der Waals surface area (Å²) < 4.78 is 0. The van der Waals surface area contributed by atoms with Gasteiger partial charge in [-0.3, -0.25) is 0 Å². The van der Waals surface area contributed by atoms with Crippen LogP contribution in [0.3, 0.4) is 0 Å². The Hall–Kier alpha value is -2.58. The molecular weight excluding hydrogens is 558 g/mol. The van der Waals surface area contributed by atoms with Crippen LogP contribution in [0.5, 0.6) is 0 Å². The van der Waals surface area contributed by atoms with E-state index in [2.05, 4.69) is 117 Å². The summed E-state index contributed by atoms with van der Waals surface area (Å²) in [6.07, 6.45) is 0. The third-order valence-electron chi connectivity index (χ3n) is 3.85. The van der Waals surface area contributed by atoms with Gasteiger partial charge in [-0.1, -0.05) is 53.1 Å². The van der Waals surface area contributed by atoms with Crippen LogP contribution in [0.25, 0.3) is 0 Å². The fraction of sp³-hybridized carbons (Fsp3) is 0.355. The summed E-state index contributed by atoms with van der Waals surface area (Å²) >= 11 is 0. The topological polar surface area (TPSA) is 80.3 Å². The van der Waals surface area contributed by atoms with Crippen LogP contribution >= 0.6 is 0 Å². The summed E-state index contributed by atoms with van der Waals surface area (Å²) in [5, 5.41) is 17.8. The van der Waals surface area contributed by atoms with Crippen LogP contribution in [0.15, 0.2) is 36.4 Å². The number of hydrogen-bond donors (Lipinski definition) is 0. The molecule has 0 bridgehead atoms. The Labute approximate surface area is 236 Å². The molecule has 0 aliphatic heterocycles. The number of carbonyl (C=O) groups is 2. The van der Waals surface area contributed by atoms with Crippen molar-refractivity contribution in [2.75, 3.05) is 0 Å². The molecule has 4 nitrogen and oxygen atoms in total. The first-order chi connectivity index (χ1) is 16.0. The minimum atomic E-state index is -1.08. The molecule has 0 fully saturated rings. The quantitative estimate of drug-likeness (QED) is 0.361. The molecule has 0 amide bonds. The number of aryl methyl sites for hydroxylation is 9. The van der Waals surface area contributed by atoms with Crippen LogP contribution in [0, 0.1) is 80.5 Å². The van der Waals surface area contributed by atoms with E-state index in [1.807, 2.05) is 0 Å². The van der Waals surface area contributed by atoms with E-state index in [1.165, 1.54) is 50.1 Å². The Bertz CT molecular complexity index is 783. The summed E-state index contributed by atoms with van der Waals surface area (Å²) in [6, 6.07) is 22.4. The Morgan fingerprint density at radius 3 is 0.667 bits per heavy atom. The zero-order chi connectivity index (χ0) is 27.7. The standard InChI is InChI=1S/3C9H11.2C2H4O2.Sb/c3*1-7-4-8(2)6-9(3)5-7;2*1-2(3)4;/h3*4-5H,1-3H3;2*1H3,(H,3,4);/p-2. The van der Waals surface area contributed by atoms with Gasteiger partial charge in [0.2, 0.25) is 0 Å². The van der Waals surface area contributed by atoms with Gasteiger partial charge in [-0.15, -0.1) is 0 Å². The van der Waals surface area contributed by atoms with Gasteiger partial charge in [0.1, 0.15) is 0 Å². The van der Waals surface area contributed by atoms with Crippen molar-refractivity contribution in [3.63, 3.8) is 0 Å². The molecule has 0 unspecified atom stereocenters. The zero-order valence-electron chi connectivity index (χ0n) is 23.5. The Kier molecular flexibility index (Phi) is 21.7. The predicted molar refractivity (Wildman–Crippen MR) is 146 cm³/mol. The van der Waals surface area contributed by atoms with E-state index in [-0.39, 0.29) is 24.4 Å². The van der Waals surface area contributed by atoms with E-state index < -0.39 is 11.9 Å².